The third-order valence-corrected chi connectivity index (χ3v) is 5.14. The minimum Gasteiger partial charge on any atom is -0.381 e. The van der Waals surface area contributed by atoms with E-state index in [4.69, 9.17) is 21.1 Å². The zero-order chi connectivity index (χ0) is 15.3. The van der Waals surface area contributed by atoms with Gasteiger partial charge >= 0.3 is 0 Å². The van der Waals surface area contributed by atoms with E-state index in [-0.39, 0.29) is 5.60 Å². The first kappa shape index (κ1) is 16.3. The lowest BCUT2D eigenvalue weighted by Gasteiger charge is -2.43. The average molecular weight is 324 g/mol. The lowest BCUT2D eigenvalue weighted by molar-refractivity contribution is -0.140. The highest BCUT2D eigenvalue weighted by molar-refractivity contribution is 6.30. The topological polar surface area (TPSA) is 30.5 Å². The smallest absolute Gasteiger partial charge is 0.0741 e. The standard InChI is InChI=1S/C18H26ClNO2/c19-16-5-3-15(4-6-16)2-1-10-20-17-7-11-22-18(14-17)8-12-21-13-9-18/h3-6,17,20H,1-2,7-14H2. The molecule has 2 fully saturated rings. The Morgan fingerprint density at radius 3 is 2.68 bits per heavy atom. The first-order valence-corrected chi connectivity index (χ1v) is 8.83. The van der Waals surface area contributed by atoms with E-state index in [1.165, 1.54) is 5.56 Å². The molecule has 0 aliphatic carbocycles. The highest BCUT2D eigenvalue weighted by Gasteiger charge is 2.38. The Hall–Kier alpha value is -0.610. The van der Waals surface area contributed by atoms with E-state index in [0.29, 0.717) is 6.04 Å². The highest BCUT2D eigenvalue weighted by atomic mass is 35.5. The second-order valence-corrected chi connectivity index (χ2v) is 6.95. The van der Waals surface area contributed by atoms with Gasteiger partial charge in [-0.3, -0.25) is 0 Å². The summed E-state index contributed by atoms with van der Waals surface area (Å²) < 4.78 is 11.6. The van der Waals surface area contributed by atoms with Crippen molar-refractivity contribution in [1.29, 1.82) is 0 Å². The van der Waals surface area contributed by atoms with Gasteiger partial charge in [0.2, 0.25) is 0 Å². The van der Waals surface area contributed by atoms with Crippen LogP contribution in [0.15, 0.2) is 24.3 Å². The van der Waals surface area contributed by atoms with Gasteiger partial charge in [-0.2, -0.15) is 0 Å². The molecule has 0 amide bonds. The molecule has 0 saturated carbocycles. The molecular weight excluding hydrogens is 298 g/mol. The Morgan fingerprint density at radius 1 is 1.14 bits per heavy atom. The highest BCUT2D eigenvalue weighted by Crippen LogP contribution is 2.34. The third-order valence-electron chi connectivity index (χ3n) is 4.89. The second-order valence-electron chi connectivity index (χ2n) is 6.52. The molecule has 2 aliphatic heterocycles. The molecule has 1 aromatic rings. The normalized spacial score (nSPS) is 24.5. The minimum absolute atomic E-state index is 0.0876. The first-order valence-electron chi connectivity index (χ1n) is 8.45. The van der Waals surface area contributed by atoms with Crippen LogP contribution >= 0.6 is 11.6 Å². The van der Waals surface area contributed by atoms with Crippen molar-refractivity contribution in [2.45, 2.75) is 50.2 Å². The molecular formula is C18H26ClNO2. The largest absolute Gasteiger partial charge is 0.381 e. The fourth-order valence-corrected chi connectivity index (χ4v) is 3.67. The Balaban J connectivity index is 1.39. The summed E-state index contributed by atoms with van der Waals surface area (Å²) in [7, 11) is 0. The van der Waals surface area contributed by atoms with Crippen LogP contribution in [0.3, 0.4) is 0 Å². The van der Waals surface area contributed by atoms with Crippen LogP contribution in [0.5, 0.6) is 0 Å². The summed E-state index contributed by atoms with van der Waals surface area (Å²) in [5.41, 5.74) is 1.45. The van der Waals surface area contributed by atoms with Gasteiger partial charge in [0, 0.05) is 30.9 Å². The SMILES string of the molecule is Clc1ccc(CCCNC2CCOC3(CCOCC3)C2)cc1. The van der Waals surface area contributed by atoms with Gasteiger partial charge < -0.3 is 14.8 Å². The average Bonchev–Trinajstić information content (AvgIpc) is 2.54. The molecule has 1 spiro atoms. The molecule has 22 heavy (non-hydrogen) atoms. The number of rotatable bonds is 5. The zero-order valence-electron chi connectivity index (χ0n) is 13.2. The molecule has 1 N–H and O–H groups in total. The van der Waals surface area contributed by atoms with Crippen LogP contribution in [0.4, 0.5) is 0 Å². The van der Waals surface area contributed by atoms with E-state index in [0.717, 1.165) is 69.9 Å². The molecule has 1 aromatic carbocycles. The van der Waals surface area contributed by atoms with Crippen molar-refractivity contribution >= 4 is 11.6 Å². The Labute approximate surface area is 138 Å². The van der Waals surface area contributed by atoms with Crippen LogP contribution < -0.4 is 5.32 Å². The number of nitrogens with one attached hydrogen (secondary N) is 1. The van der Waals surface area contributed by atoms with Gasteiger partial charge in [0.05, 0.1) is 5.60 Å². The monoisotopic (exact) mass is 323 g/mol. The summed E-state index contributed by atoms with van der Waals surface area (Å²) in [5, 5.41) is 4.54. The van der Waals surface area contributed by atoms with Crippen molar-refractivity contribution in [3.63, 3.8) is 0 Å². The predicted octanol–water partition coefficient (Wildman–Crippen LogP) is 3.59. The number of hydrogen-bond acceptors (Lipinski definition) is 3. The summed E-state index contributed by atoms with van der Waals surface area (Å²) >= 11 is 5.91. The van der Waals surface area contributed by atoms with E-state index >= 15 is 0 Å². The Bertz CT molecular complexity index is 451. The van der Waals surface area contributed by atoms with Crippen LogP contribution in [0.25, 0.3) is 0 Å². The molecule has 4 heteroatoms. The van der Waals surface area contributed by atoms with Crippen LogP contribution in [0.1, 0.15) is 37.7 Å². The number of benzene rings is 1. The van der Waals surface area contributed by atoms with Gasteiger partial charge in [0.15, 0.2) is 0 Å². The maximum Gasteiger partial charge on any atom is 0.0741 e. The lowest BCUT2D eigenvalue weighted by atomic mass is 9.84. The summed E-state index contributed by atoms with van der Waals surface area (Å²) in [6, 6.07) is 8.77. The van der Waals surface area contributed by atoms with Crippen molar-refractivity contribution in [2.75, 3.05) is 26.4 Å². The van der Waals surface area contributed by atoms with Crippen molar-refractivity contribution in [3.05, 3.63) is 34.9 Å². The molecule has 0 bridgehead atoms. The fraction of sp³-hybridized carbons (Fsp3) is 0.667. The number of aryl methyl sites for hydroxylation is 1. The van der Waals surface area contributed by atoms with Crippen LogP contribution in [-0.4, -0.2) is 38.0 Å². The van der Waals surface area contributed by atoms with E-state index in [9.17, 15) is 0 Å². The van der Waals surface area contributed by atoms with E-state index in [1.807, 2.05) is 12.1 Å². The van der Waals surface area contributed by atoms with E-state index in [2.05, 4.69) is 17.4 Å². The van der Waals surface area contributed by atoms with Crippen LogP contribution in [0, 0.1) is 0 Å². The van der Waals surface area contributed by atoms with E-state index < -0.39 is 0 Å². The molecule has 122 valence electrons. The third kappa shape index (κ3) is 4.45. The van der Waals surface area contributed by atoms with Gasteiger partial charge in [0.25, 0.3) is 0 Å². The molecule has 2 saturated heterocycles. The lowest BCUT2D eigenvalue weighted by Crippen LogP contribution is -2.50. The molecule has 3 nitrogen and oxygen atoms in total. The van der Waals surface area contributed by atoms with Crippen molar-refractivity contribution in [3.8, 4) is 0 Å². The van der Waals surface area contributed by atoms with Crippen molar-refractivity contribution in [2.24, 2.45) is 0 Å². The second kappa shape index (κ2) is 7.78. The van der Waals surface area contributed by atoms with Gasteiger partial charge in [-0.1, -0.05) is 23.7 Å². The van der Waals surface area contributed by atoms with Crippen LogP contribution in [-0.2, 0) is 15.9 Å². The number of ether oxygens (including phenoxy) is 2. The fourth-order valence-electron chi connectivity index (χ4n) is 3.54. The quantitative estimate of drug-likeness (QED) is 0.840. The first-order chi connectivity index (χ1) is 10.8. The molecule has 1 unspecified atom stereocenters. The summed E-state index contributed by atoms with van der Waals surface area (Å²) in [4.78, 5) is 0. The predicted molar refractivity (Wildman–Crippen MR) is 89.5 cm³/mol. The van der Waals surface area contributed by atoms with Gasteiger partial charge in [-0.05, 0) is 62.8 Å². The Kier molecular flexibility index (Phi) is 5.75. The summed E-state index contributed by atoms with van der Waals surface area (Å²) in [5.74, 6) is 0. The maximum atomic E-state index is 6.09. The molecule has 0 aromatic heterocycles. The van der Waals surface area contributed by atoms with Gasteiger partial charge in [0.1, 0.15) is 0 Å². The minimum atomic E-state index is 0.0876. The van der Waals surface area contributed by atoms with Gasteiger partial charge in [-0.15, -0.1) is 0 Å². The van der Waals surface area contributed by atoms with Gasteiger partial charge in [-0.25, -0.2) is 0 Å². The zero-order valence-corrected chi connectivity index (χ0v) is 13.9. The summed E-state index contributed by atoms with van der Waals surface area (Å²) in [6.45, 7) is 3.65. The number of hydrogen-bond donors (Lipinski definition) is 1. The molecule has 2 heterocycles. The summed E-state index contributed by atoms with van der Waals surface area (Å²) in [6.07, 6.45) is 6.63. The Morgan fingerprint density at radius 2 is 1.91 bits per heavy atom. The maximum absolute atomic E-state index is 6.09. The molecule has 0 radical (unpaired) electrons. The van der Waals surface area contributed by atoms with Crippen molar-refractivity contribution in [1.82, 2.24) is 5.32 Å². The molecule has 2 aliphatic rings. The van der Waals surface area contributed by atoms with Crippen LogP contribution in [0.2, 0.25) is 5.02 Å². The molecule has 1 atom stereocenters. The van der Waals surface area contributed by atoms with Crippen molar-refractivity contribution < 1.29 is 9.47 Å². The number of halogens is 1. The van der Waals surface area contributed by atoms with E-state index in [1.54, 1.807) is 0 Å². The molecule has 3 rings (SSSR count).